The van der Waals surface area contributed by atoms with Gasteiger partial charge in [0.25, 0.3) is 0 Å². The van der Waals surface area contributed by atoms with Crippen LogP contribution in [-0.4, -0.2) is 57.2 Å². The number of benzene rings is 1. The molecule has 0 bridgehead atoms. The Hall–Kier alpha value is -2.23. The number of hydrogen-bond donors (Lipinski definition) is 1. The third-order valence-electron chi connectivity index (χ3n) is 5.42. The van der Waals surface area contributed by atoms with E-state index in [1.807, 2.05) is 31.4 Å². The highest BCUT2D eigenvalue weighted by molar-refractivity contribution is 14.0. The van der Waals surface area contributed by atoms with Gasteiger partial charge in [-0.25, -0.2) is 4.98 Å². The van der Waals surface area contributed by atoms with Crippen LogP contribution in [0.1, 0.15) is 30.4 Å². The Kier molecular flexibility index (Phi) is 10.2. The van der Waals surface area contributed by atoms with Gasteiger partial charge in [0.2, 0.25) is 0 Å². The van der Waals surface area contributed by atoms with Crippen molar-refractivity contribution in [3.63, 3.8) is 0 Å². The average molecular weight is 539 g/mol. The van der Waals surface area contributed by atoms with Crippen LogP contribution in [-0.2, 0) is 13.1 Å². The fourth-order valence-corrected chi connectivity index (χ4v) is 3.75. The zero-order valence-electron chi connectivity index (χ0n) is 18.9. The summed E-state index contributed by atoms with van der Waals surface area (Å²) in [7, 11) is 7.15. The van der Waals surface area contributed by atoms with Gasteiger partial charge in [-0.2, -0.15) is 0 Å². The quantitative estimate of drug-likeness (QED) is 0.327. The van der Waals surface area contributed by atoms with E-state index in [1.54, 1.807) is 21.3 Å². The summed E-state index contributed by atoms with van der Waals surface area (Å²) >= 11 is 0. The molecule has 8 heteroatoms. The normalized spacial score (nSPS) is 13.9. The van der Waals surface area contributed by atoms with Crippen molar-refractivity contribution in [2.45, 2.75) is 32.4 Å². The molecular formula is C23H34IN5O2. The molecule has 0 saturated carbocycles. The summed E-state index contributed by atoms with van der Waals surface area (Å²) in [6, 6.07) is 10.1. The molecule has 1 aromatic carbocycles. The van der Waals surface area contributed by atoms with Gasteiger partial charge in [0.15, 0.2) is 5.96 Å². The molecule has 31 heavy (non-hydrogen) atoms. The highest BCUT2D eigenvalue weighted by atomic mass is 127. The minimum atomic E-state index is 0. The maximum atomic E-state index is 5.52. The Morgan fingerprint density at radius 2 is 1.90 bits per heavy atom. The molecule has 0 unspecified atom stereocenters. The first-order valence-electron chi connectivity index (χ1n) is 10.5. The number of methoxy groups -OCH3 is 2. The number of pyridine rings is 1. The lowest BCUT2D eigenvalue weighted by atomic mass is 10.1. The lowest BCUT2D eigenvalue weighted by Crippen LogP contribution is -2.38. The lowest BCUT2D eigenvalue weighted by Gasteiger charge is -2.28. The fourth-order valence-electron chi connectivity index (χ4n) is 3.75. The van der Waals surface area contributed by atoms with Crippen molar-refractivity contribution < 1.29 is 9.47 Å². The monoisotopic (exact) mass is 539 g/mol. The number of aromatic nitrogens is 1. The smallest absolute Gasteiger partial charge is 0.193 e. The molecule has 3 rings (SSSR count). The van der Waals surface area contributed by atoms with E-state index < -0.39 is 0 Å². The number of rotatable bonds is 7. The number of piperidine rings is 1. The number of guanidine groups is 1. The number of anilines is 1. The van der Waals surface area contributed by atoms with Crippen molar-refractivity contribution in [3.8, 4) is 11.5 Å². The summed E-state index contributed by atoms with van der Waals surface area (Å²) in [5.74, 6) is 3.48. The second-order valence-corrected chi connectivity index (χ2v) is 7.50. The first-order chi connectivity index (χ1) is 14.6. The Labute approximate surface area is 202 Å². The Morgan fingerprint density at radius 3 is 2.58 bits per heavy atom. The molecular weight excluding hydrogens is 505 g/mol. The molecule has 0 aliphatic carbocycles. The third-order valence-corrected chi connectivity index (χ3v) is 5.42. The van der Waals surface area contributed by atoms with Gasteiger partial charge in [0.1, 0.15) is 17.3 Å². The minimum Gasteiger partial charge on any atom is -0.497 e. The zero-order valence-corrected chi connectivity index (χ0v) is 21.3. The molecule has 0 atom stereocenters. The van der Waals surface area contributed by atoms with Gasteiger partial charge < -0.3 is 24.6 Å². The van der Waals surface area contributed by atoms with Crippen LogP contribution >= 0.6 is 24.0 Å². The van der Waals surface area contributed by atoms with Crippen LogP contribution in [0, 0.1) is 0 Å². The summed E-state index contributed by atoms with van der Waals surface area (Å²) in [5, 5.41) is 3.46. The minimum absolute atomic E-state index is 0. The fraction of sp³-hybridized carbons (Fsp3) is 0.478. The van der Waals surface area contributed by atoms with Crippen LogP contribution in [0.4, 0.5) is 5.82 Å². The van der Waals surface area contributed by atoms with Crippen LogP contribution in [0.15, 0.2) is 41.5 Å². The van der Waals surface area contributed by atoms with Crippen LogP contribution < -0.4 is 19.7 Å². The van der Waals surface area contributed by atoms with Crippen molar-refractivity contribution in [1.29, 1.82) is 0 Å². The Balaban J connectivity index is 0.00000341. The van der Waals surface area contributed by atoms with Crippen molar-refractivity contribution in [2.75, 3.05) is 46.3 Å². The van der Waals surface area contributed by atoms with Gasteiger partial charge in [-0.05, 0) is 49.1 Å². The van der Waals surface area contributed by atoms with Crippen molar-refractivity contribution in [2.24, 2.45) is 4.99 Å². The van der Waals surface area contributed by atoms with E-state index in [0.717, 1.165) is 41.9 Å². The summed E-state index contributed by atoms with van der Waals surface area (Å²) in [6.07, 6.45) is 5.71. The maximum absolute atomic E-state index is 5.52. The second-order valence-electron chi connectivity index (χ2n) is 7.50. The molecule has 2 heterocycles. The Bertz CT molecular complexity index is 856. The van der Waals surface area contributed by atoms with Crippen LogP contribution in [0.5, 0.6) is 11.5 Å². The number of halogens is 1. The van der Waals surface area contributed by atoms with Crippen molar-refractivity contribution in [1.82, 2.24) is 15.2 Å². The molecule has 1 fully saturated rings. The van der Waals surface area contributed by atoms with Gasteiger partial charge in [0.05, 0.1) is 14.2 Å². The maximum Gasteiger partial charge on any atom is 0.193 e. The molecule has 170 valence electrons. The van der Waals surface area contributed by atoms with E-state index in [-0.39, 0.29) is 24.0 Å². The summed E-state index contributed by atoms with van der Waals surface area (Å²) in [4.78, 5) is 13.5. The third kappa shape index (κ3) is 6.88. The van der Waals surface area contributed by atoms with Crippen LogP contribution in [0.3, 0.4) is 0 Å². The predicted molar refractivity (Wildman–Crippen MR) is 137 cm³/mol. The molecule has 0 amide bonds. The average Bonchev–Trinajstić information content (AvgIpc) is 2.80. The van der Waals surface area contributed by atoms with Gasteiger partial charge in [-0.1, -0.05) is 0 Å². The zero-order chi connectivity index (χ0) is 21.3. The molecule has 1 saturated heterocycles. The van der Waals surface area contributed by atoms with Crippen molar-refractivity contribution >= 4 is 35.8 Å². The molecule has 2 aromatic rings. The van der Waals surface area contributed by atoms with E-state index in [1.165, 1.54) is 24.8 Å². The molecule has 0 radical (unpaired) electrons. The lowest BCUT2D eigenvalue weighted by molar-refractivity contribution is 0.382. The topological polar surface area (TPSA) is 62.2 Å². The van der Waals surface area contributed by atoms with Gasteiger partial charge in [-0.3, -0.25) is 4.99 Å². The van der Waals surface area contributed by atoms with E-state index in [9.17, 15) is 0 Å². The summed E-state index contributed by atoms with van der Waals surface area (Å²) < 4.78 is 10.8. The number of hydrogen-bond acceptors (Lipinski definition) is 5. The van der Waals surface area contributed by atoms with Crippen LogP contribution in [0.2, 0.25) is 0 Å². The number of aliphatic imine (C=N–C) groups is 1. The predicted octanol–water partition coefficient (Wildman–Crippen LogP) is 3.91. The van der Waals surface area contributed by atoms with Crippen LogP contribution in [0.25, 0.3) is 0 Å². The molecule has 1 aliphatic rings. The standard InChI is InChI=1S/C23H33N5O2.HI/c1-24-23(27(2)17-19-8-9-20(29-3)15-21(19)30-4)26-16-18-10-11-25-22(14-18)28-12-6-5-7-13-28;/h8-11,14-15H,5-7,12-13,16-17H2,1-4H3,(H,24,26);1H. The molecule has 1 N–H and O–H groups in total. The van der Waals surface area contributed by atoms with E-state index in [4.69, 9.17) is 9.47 Å². The first kappa shape index (κ1) is 25.0. The molecule has 1 aromatic heterocycles. The largest absolute Gasteiger partial charge is 0.497 e. The second kappa shape index (κ2) is 12.6. The number of nitrogens with one attached hydrogen (secondary N) is 1. The first-order valence-corrected chi connectivity index (χ1v) is 10.5. The summed E-state index contributed by atoms with van der Waals surface area (Å²) in [6.45, 7) is 3.55. The number of nitrogens with zero attached hydrogens (tertiary/aromatic N) is 4. The van der Waals surface area contributed by atoms with E-state index in [2.05, 4.69) is 37.2 Å². The SMILES string of the molecule is CN=C(NCc1ccnc(N2CCCCC2)c1)N(C)Cc1ccc(OC)cc1OC.I. The molecule has 7 nitrogen and oxygen atoms in total. The Morgan fingerprint density at radius 1 is 1.13 bits per heavy atom. The molecule has 1 aliphatic heterocycles. The molecule has 0 spiro atoms. The van der Waals surface area contributed by atoms with E-state index in [0.29, 0.717) is 13.1 Å². The van der Waals surface area contributed by atoms with Crippen molar-refractivity contribution in [3.05, 3.63) is 47.7 Å². The van der Waals surface area contributed by atoms with Gasteiger partial charge >= 0.3 is 0 Å². The van der Waals surface area contributed by atoms with Gasteiger partial charge in [-0.15, -0.1) is 24.0 Å². The van der Waals surface area contributed by atoms with Gasteiger partial charge in [0, 0.05) is 58.1 Å². The highest BCUT2D eigenvalue weighted by Gasteiger charge is 2.14. The highest BCUT2D eigenvalue weighted by Crippen LogP contribution is 2.25. The van der Waals surface area contributed by atoms with E-state index >= 15 is 0 Å². The number of ether oxygens (including phenoxy) is 2. The summed E-state index contributed by atoms with van der Waals surface area (Å²) in [5.41, 5.74) is 2.27.